The molecule has 9 heteroatoms. The maximum Gasteiger partial charge on any atom is 0.273 e. The first-order valence-electron chi connectivity index (χ1n) is 10.4. The second-order valence-corrected chi connectivity index (χ2v) is 9.00. The molecule has 0 aliphatic heterocycles. The lowest BCUT2D eigenvalue weighted by atomic mass is 10.2. The van der Waals surface area contributed by atoms with E-state index in [0.29, 0.717) is 24.5 Å². The molecule has 32 heavy (non-hydrogen) atoms. The third kappa shape index (κ3) is 4.73. The first-order chi connectivity index (χ1) is 15.6. The molecule has 0 bridgehead atoms. The van der Waals surface area contributed by atoms with E-state index in [0.717, 1.165) is 27.2 Å². The van der Waals surface area contributed by atoms with E-state index in [1.807, 2.05) is 35.9 Å². The lowest BCUT2D eigenvalue weighted by Crippen LogP contribution is -2.30. The molecule has 0 spiro atoms. The van der Waals surface area contributed by atoms with Crippen LogP contribution in [0.3, 0.4) is 0 Å². The van der Waals surface area contributed by atoms with Gasteiger partial charge in [0.1, 0.15) is 10.7 Å². The summed E-state index contributed by atoms with van der Waals surface area (Å²) >= 11 is 3.05. The van der Waals surface area contributed by atoms with Crippen LogP contribution in [0.1, 0.15) is 34.9 Å². The molecule has 0 saturated carbocycles. The van der Waals surface area contributed by atoms with Crippen molar-refractivity contribution in [1.82, 2.24) is 29.6 Å². The third-order valence-electron chi connectivity index (χ3n) is 4.99. The molecule has 0 unspecified atom stereocenters. The summed E-state index contributed by atoms with van der Waals surface area (Å²) in [7, 11) is 0. The summed E-state index contributed by atoms with van der Waals surface area (Å²) in [5.41, 5.74) is 3.57. The summed E-state index contributed by atoms with van der Waals surface area (Å²) in [6, 6.07) is 12.1. The predicted octanol–water partition coefficient (Wildman–Crippen LogP) is 4.87. The monoisotopic (exact) mass is 464 g/mol. The molecule has 3 heterocycles. The number of nitrogens with zero attached hydrogens (tertiary/aromatic N) is 6. The molecular formula is C23H24N6OS2. The molecule has 7 nitrogen and oxygen atoms in total. The molecule has 0 fully saturated rings. The first kappa shape index (κ1) is 22.2. The van der Waals surface area contributed by atoms with Crippen molar-refractivity contribution in [1.29, 1.82) is 0 Å². The minimum atomic E-state index is -0.0239. The van der Waals surface area contributed by atoms with Crippen LogP contribution in [0, 0.1) is 6.92 Å². The largest absolute Gasteiger partial charge is 0.338 e. The number of aromatic nitrogens is 5. The van der Waals surface area contributed by atoms with Gasteiger partial charge in [0.05, 0.1) is 5.75 Å². The molecular weight excluding hydrogens is 440 g/mol. The first-order valence-corrected chi connectivity index (χ1v) is 12.3. The molecule has 0 N–H and O–H groups in total. The lowest BCUT2D eigenvalue weighted by molar-refractivity contribution is 0.0768. The molecule has 0 radical (unpaired) electrons. The van der Waals surface area contributed by atoms with Crippen molar-refractivity contribution in [3.05, 3.63) is 70.4 Å². The van der Waals surface area contributed by atoms with Crippen LogP contribution in [0.4, 0.5) is 0 Å². The summed E-state index contributed by atoms with van der Waals surface area (Å²) in [5.74, 6) is 1.32. The second-order valence-electron chi connectivity index (χ2n) is 7.11. The maximum absolute atomic E-state index is 12.6. The fourth-order valence-electron chi connectivity index (χ4n) is 3.25. The fourth-order valence-corrected chi connectivity index (χ4v) is 4.98. The Hall–Kier alpha value is -3.04. The average Bonchev–Trinajstić information content (AvgIpc) is 3.47. The van der Waals surface area contributed by atoms with Gasteiger partial charge in [-0.1, -0.05) is 29.5 Å². The number of thioether (sulfide) groups is 1. The number of carbonyl (C=O) groups is 1. The molecule has 0 aliphatic carbocycles. The fraction of sp³-hybridized carbons (Fsp3) is 0.261. The molecule has 1 amide bonds. The SMILES string of the molecule is CCN(CC)C(=O)c1csc(CSc2nnc(-c3cccnc3)n2-c2ccc(C)cc2)n1. The number of hydrogen-bond donors (Lipinski definition) is 0. The summed E-state index contributed by atoms with van der Waals surface area (Å²) in [6.07, 6.45) is 3.53. The number of rotatable bonds is 8. The smallest absolute Gasteiger partial charge is 0.273 e. The van der Waals surface area contributed by atoms with Crippen molar-refractivity contribution in [3.8, 4) is 17.1 Å². The number of thiazole rings is 1. The number of aryl methyl sites for hydroxylation is 1. The van der Waals surface area contributed by atoms with Gasteiger partial charge in [-0.05, 0) is 45.0 Å². The van der Waals surface area contributed by atoms with Gasteiger partial charge in [0.25, 0.3) is 5.91 Å². The van der Waals surface area contributed by atoms with Gasteiger partial charge in [0.15, 0.2) is 11.0 Å². The van der Waals surface area contributed by atoms with Gasteiger partial charge in [-0.15, -0.1) is 21.5 Å². The van der Waals surface area contributed by atoms with Crippen molar-refractivity contribution in [2.24, 2.45) is 0 Å². The van der Waals surface area contributed by atoms with Crippen LogP contribution >= 0.6 is 23.1 Å². The van der Waals surface area contributed by atoms with E-state index >= 15 is 0 Å². The van der Waals surface area contributed by atoms with Crippen molar-refractivity contribution < 1.29 is 4.79 Å². The number of amides is 1. The molecule has 4 aromatic rings. The lowest BCUT2D eigenvalue weighted by Gasteiger charge is -2.16. The van der Waals surface area contributed by atoms with Crippen molar-refractivity contribution >= 4 is 29.0 Å². The van der Waals surface area contributed by atoms with Crippen LogP contribution in [0.2, 0.25) is 0 Å². The van der Waals surface area contributed by atoms with Gasteiger partial charge >= 0.3 is 0 Å². The highest BCUT2D eigenvalue weighted by molar-refractivity contribution is 7.98. The Labute approximate surface area is 195 Å². The zero-order valence-electron chi connectivity index (χ0n) is 18.2. The highest BCUT2D eigenvalue weighted by Crippen LogP contribution is 2.30. The van der Waals surface area contributed by atoms with Crippen LogP contribution in [0.25, 0.3) is 17.1 Å². The van der Waals surface area contributed by atoms with E-state index < -0.39 is 0 Å². The predicted molar refractivity (Wildman–Crippen MR) is 128 cm³/mol. The minimum Gasteiger partial charge on any atom is -0.338 e. The summed E-state index contributed by atoms with van der Waals surface area (Å²) in [4.78, 5) is 23.1. The van der Waals surface area contributed by atoms with E-state index in [9.17, 15) is 4.79 Å². The Morgan fingerprint density at radius 3 is 2.59 bits per heavy atom. The zero-order valence-corrected chi connectivity index (χ0v) is 19.9. The van der Waals surface area contributed by atoms with Crippen molar-refractivity contribution in [2.75, 3.05) is 13.1 Å². The number of carbonyl (C=O) groups excluding carboxylic acids is 1. The van der Waals surface area contributed by atoms with Gasteiger partial charge in [0, 0.05) is 42.1 Å². The standard InChI is InChI=1S/C23H24N6OS2/c1-4-28(5-2)22(30)19-14-31-20(25-19)15-32-23-27-26-21(17-7-6-12-24-13-17)29(23)18-10-8-16(3)9-11-18/h6-14H,4-5,15H2,1-3H3. The summed E-state index contributed by atoms with van der Waals surface area (Å²) < 4.78 is 2.04. The van der Waals surface area contributed by atoms with E-state index in [1.54, 1.807) is 29.1 Å². The van der Waals surface area contributed by atoms with Crippen LogP contribution in [0.5, 0.6) is 0 Å². The van der Waals surface area contributed by atoms with Crippen LogP contribution < -0.4 is 0 Å². The van der Waals surface area contributed by atoms with E-state index in [4.69, 9.17) is 0 Å². The quantitative estimate of drug-likeness (QED) is 0.346. The van der Waals surface area contributed by atoms with E-state index in [-0.39, 0.29) is 5.91 Å². The average molecular weight is 465 g/mol. The molecule has 164 valence electrons. The minimum absolute atomic E-state index is 0.0239. The maximum atomic E-state index is 12.6. The topological polar surface area (TPSA) is 76.8 Å². The highest BCUT2D eigenvalue weighted by Gasteiger charge is 2.19. The highest BCUT2D eigenvalue weighted by atomic mass is 32.2. The van der Waals surface area contributed by atoms with Gasteiger partial charge in [-0.3, -0.25) is 14.3 Å². The van der Waals surface area contributed by atoms with Crippen molar-refractivity contribution in [2.45, 2.75) is 31.7 Å². The van der Waals surface area contributed by atoms with E-state index in [2.05, 4.69) is 51.4 Å². The van der Waals surface area contributed by atoms with Gasteiger partial charge in [-0.2, -0.15) is 0 Å². The van der Waals surface area contributed by atoms with Gasteiger partial charge in [0.2, 0.25) is 0 Å². The molecule has 4 rings (SSSR count). The number of hydrogen-bond acceptors (Lipinski definition) is 7. The zero-order chi connectivity index (χ0) is 22.5. The summed E-state index contributed by atoms with van der Waals surface area (Å²) in [5, 5.41) is 12.4. The Balaban J connectivity index is 1.60. The number of benzene rings is 1. The van der Waals surface area contributed by atoms with Crippen LogP contribution in [-0.4, -0.2) is 48.6 Å². The third-order valence-corrected chi connectivity index (χ3v) is 6.96. The molecule has 3 aromatic heterocycles. The van der Waals surface area contributed by atoms with Crippen LogP contribution in [-0.2, 0) is 5.75 Å². The molecule has 1 aromatic carbocycles. The molecule has 0 atom stereocenters. The molecule has 0 saturated heterocycles. The number of pyridine rings is 1. The Kier molecular flexibility index (Phi) is 6.96. The van der Waals surface area contributed by atoms with Crippen molar-refractivity contribution in [3.63, 3.8) is 0 Å². The van der Waals surface area contributed by atoms with E-state index in [1.165, 1.54) is 16.9 Å². The second kappa shape index (κ2) is 10.1. The summed E-state index contributed by atoms with van der Waals surface area (Å²) in [6.45, 7) is 7.36. The Morgan fingerprint density at radius 1 is 1.12 bits per heavy atom. The van der Waals surface area contributed by atoms with Crippen LogP contribution in [0.15, 0.2) is 59.3 Å². The molecule has 0 aliphatic rings. The Morgan fingerprint density at radius 2 is 1.91 bits per heavy atom. The Bertz CT molecular complexity index is 1180. The van der Waals surface area contributed by atoms with Gasteiger partial charge < -0.3 is 4.90 Å². The van der Waals surface area contributed by atoms with Gasteiger partial charge in [-0.25, -0.2) is 4.98 Å². The normalized spacial score (nSPS) is 11.0.